The van der Waals surface area contributed by atoms with E-state index in [4.69, 9.17) is 9.47 Å². The lowest BCUT2D eigenvalue weighted by atomic mass is 10.0. The number of H-pyrrole nitrogens is 1. The molecule has 0 saturated carbocycles. The minimum atomic E-state index is 0.735. The molecule has 0 saturated heterocycles. The van der Waals surface area contributed by atoms with E-state index in [2.05, 4.69) is 47.2 Å². The molecule has 4 nitrogen and oxygen atoms in total. The third kappa shape index (κ3) is 2.60. The predicted molar refractivity (Wildman–Crippen MR) is 107 cm³/mol. The van der Waals surface area contributed by atoms with Gasteiger partial charge in [-0.15, -0.1) is 0 Å². The summed E-state index contributed by atoms with van der Waals surface area (Å²) in [5.74, 6) is 1.52. The quantitative estimate of drug-likeness (QED) is 0.553. The second-order valence-corrected chi connectivity index (χ2v) is 6.14. The Kier molecular flexibility index (Phi) is 4.09. The molecule has 0 bridgehead atoms. The zero-order chi connectivity index (χ0) is 18.1. The van der Waals surface area contributed by atoms with Gasteiger partial charge in [0, 0.05) is 28.4 Å². The molecular weight excluding hydrogens is 324 g/mol. The Hall–Kier alpha value is -3.27. The monoisotopic (exact) mass is 344 g/mol. The summed E-state index contributed by atoms with van der Waals surface area (Å²) in [7, 11) is 3.33. The fourth-order valence-corrected chi connectivity index (χ4v) is 3.40. The van der Waals surface area contributed by atoms with Crippen LogP contribution >= 0.6 is 0 Å². The van der Waals surface area contributed by atoms with Gasteiger partial charge in [-0.3, -0.25) is 4.98 Å². The first-order valence-corrected chi connectivity index (χ1v) is 8.48. The van der Waals surface area contributed by atoms with Gasteiger partial charge in [-0.25, -0.2) is 0 Å². The number of methoxy groups -OCH3 is 2. The van der Waals surface area contributed by atoms with E-state index in [1.54, 1.807) is 20.4 Å². The Labute approximate surface area is 152 Å². The average molecular weight is 344 g/mol. The standard InChI is InChI=1S/C22H20N2O2/c1-14-16(17-6-4-5-7-18(17)24-14)9-8-15-12-13-23-22-20(26-3)11-10-19(25-2)21(15)22/h4-13,24H,1-3H3/b9-8+. The molecule has 0 atom stereocenters. The highest BCUT2D eigenvalue weighted by atomic mass is 16.5. The van der Waals surface area contributed by atoms with Crippen LogP contribution in [0.2, 0.25) is 0 Å². The van der Waals surface area contributed by atoms with Crippen molar-refractivity contribution in [3.05, 3.63) is 65.5 Å². The number of aryl methyl sites for hydroxylation is 1. The zero-order valence-electron chi connectivity index (χ0n) is 15.0. The van der Waals surface area contributed by atoms with Crippen LogP contribution in [0, 0.1) is 6.92 Å². The van der Waals surface area contributed by atoms with E-state index in [-0.39, 0.29) is 0 Å². The molecule has 0 fully saturated rings. The number of aromatic amines is 1. The highest BCUT2D eigenvalue weighted by Gasteiger charge is 2.12. The van der Waals surface area contributed by atoms with Crippen LogP contribution < -0.4 is 9.47 Å². The molecule has 0 unspecified atom stereocenters. The van der Waals surface area contributed by atoms with Gasteiger partial charge in [0.2, 0.25) is 0 Å². The SMILES string of the molecule is COc1ccc(OC)c2c(/C=C/c3c(C)[nH]c4ccccc34)ccnc12. The summed E-state index contributed by atoms with van der Waals surface area (Å²) in [5, 5.41) is 2.16. The summed E-state index contributed by atoms with van der Waals surface area (Å²) in [5.41, 5.74) is 5.31. The number of hydrogen-bond acceptors (Lipinski definition) is 3. The van der Waals surface area contributed by atoms with Crippen molar-refractivity contribution in [2.24, 2.45) is 0 Å². The zero-order valence-corrected chi connectivity index (χ0v) is 15.0. The van der Waals surface area contributed by atoms with Gasteiger partial charge in [0.15, 0.2) is 0 Å². The molecule has 0 aliphatic heterocycles. The molecular formula is C22H20N2O2. The van der Waals surface area contributed by atoms with Gasteiger partial charge in [0.1, 0.15) is 17.0 Å². The first-order chi connectivity index (χ1) is 12.7. The summed E-state index contributed by atoms with van der Waals surface area (Å²) in [6, 6.07) is 14.1. The molecule has 0 aliphatic carbocycles. The number of rotatable bonds is 4. The van der Waals surface area contributed by atoms with Crippen molar-refractivity contribution in [1.29, 1.82) is 0 Å². The molecule has 2 aromatic heterocycles. The Morgan fingerprint density at radius 3 is 2.50 bits per heavy atom. The first kappa shape index (κ1) is 16.2. The Morgan fingerprint density at radius 2 is 1.69 bits per heavy atom. The number of para-hydroxylation sites is 1. The molecule has 4 rings (SSSR count). The molecule has 2 aromatic carbocycles. The third-order valence-electron chi connectivity index (χ3n) is 4.66. The number of hydrogen-bond donors (Lipinski definition) is 1. The van der Waals surface area contributed by atoms with Crippen molar-refractivity contribution >= 4 is 34.0 Å². The molecule has 130 valence electrons. The van der Waals surface area contributed by atoms with Crippen LogP contribution in [0.15, 0.2) is 48.7 Å². The fraction of sp³-hybridized carbons (Fsp3) is 0.136. The molecule has 0 radical (unpaired) electrons. The van der Waals surface area contributed by atoms with Crippen molar-refractivity contribution < 1.29 is 9.47 Å². The van der Waals surface area contributed by atoms with Crippen molar-refractivity contribution in [2.45, 2.75) is 6.92 Å². The summed E-state index contributed by atoms with van der Waals surface area (Å²) in [6.45, 7) is 2.09. The minimum Gasteiger partial charge on any atom is -0.496 e. The van der Waals surface area contributed by atoms with Gasteiger partial charge in [-0.05, 0) is 36.8 Å². The van der Waals surface area contributed by atoms with Crippen LogP contribution in [0.4, 0.5) is 0 Å². The Balaban J connectivity index is 1.89. The Bertz CT molecular complexity index is 1130. The van der Waals surface area contributed by atoms with Gasteiger partial charge in [-0.2, -0.15) is 0 Å². The number of ether oxygens (including phenoxy) is 2. The van der Waals surface area contributed by atoms with E-state index in [1.165, 1.54) is 10.9 Å². The van der Waals surface area contributed by atoms with Crippen LogP contribution in [-0.2, 0) is 0 Å². The normalized spacial score (nSPS) is 11.5. The maximum absolute atomic E-state index is 5.56. The molecule has 0 spiro atoms. The van der Waals surface area contributed by atoms with Crippen molar-refractivity contribution in [3.63, 3.8) is 0 Å². The fourth-order valence-electron chi connectivity index (χ4n) is 3.40. The average Bonchev–Trinajstić information content (AvgIpc) is 3.00. The topological polar surface area (TPSA) is 47.1 Å². The van der Waals surface area contributed by atoms with Crippen molar-refractivity contribution in [3.8, 4) is 11.5 Å². The number of nitrogens with one attached hydrogen (secondary N) is 1. The smallest absolute Gasteiger partial charge is 0.145 e. The second-order valence-electron chi connectivity index (χ2n) is 6.14. The van der Waals surface area contributed by atoms with Gasteiger partial charge < -0.3 is 14.5 Å². The van der Waals surface area contributed by atoms with Crippen molar-refractivity contribution in [2.75, 3.05) is 14.2 Å². The number of fused-ring (bicyclic) bond motifs is 2. The third-order valence-corrected chi connectivity index (χ3v) is 4.66. The van der Waals surface area contributed by atoms with Gasteiger partial charge >= 0.3 is 0 Å². The van der Waals surface area contributed by atoms with E-state index in [1.807, 2.05) is 24.3 Å². The van der Waals surface area contributed by atoms with Crippen LogP contribution in [0.5, 0.6) is 11.5 Å². The van der Waals surface area contributed by atoms with E-state index in [9.17, 15) is 0 Å². The highest BCUT2D eigenvalue weighted by Crippen LogP contribution is 2.35. The molecule has 4 heteroatoms. The lowest BCUT2D eigenvalue weighted by Gasteiger charge is -2.11. The van der Waals surface area contributed by atoms with E-state index in [0.717, 1.165) is 39.2 Å². The maximum atomic E-state index is 5.56. The molecule has 26 heavy (non-hydrogen) atoms. The number of benzene rings is 2. The molecule has 0 amide bonds. The number of pyridine rings is 1. The van der Waals surface area contributed by atoms with Gasteiger partial charge in [-0.1, -0.05) is 30.4 Å². The summed E-state index contributed by atoms with van der Waals surface area (Å²) in [4.78, 5) is 7.92. The minimum absolute atomic E-state index is 0.735. The van der Waals surface area contributed by atoms with Gasteiger partial charge in [0.25, 0.3) is 0 Å². The molecule has 2 heterocycles. The molecule has 0 aliphatic rings. The summed E-state index contributed by atoms with van der Waals surface area (Å²) < 4.78 is 11.0. The molecule has 1 N–H and O–H groups in total. The Morgan fingerprint density at radius 1 is 0.923 bits per heavy atom. The molecule has 4 aromatic rings. The lowest BCUT2D eigenvalue weighted by molar-refractivity contribution is 0.409. The second kappa shape index (κ2) is 6.56. The van der Waals surface area contributed by atoms with E-state index < -0.39 is 0 Å². The first-order valence-electron chi connectivity index (χ1n) is 8.48. The highest BCUT2D eigenvalue weighted by molar-refractivity contribution is 6.00. The number of nitrogens with zero attached hydrogens (tertiary/aromatic N) is 1. The van der Waals surface area contributed by atoms with Crippen LogP contribution in [0.1, 0.15) is 16.8 Å². The summed E-state index contributed by atoms with van der Waals surface area (Å²) >= 11 is 0. The largest absolute Gasteiger partial charge is 0.496 e. The van der Waals surface area contributed by atoms with Crippen LogP contribution in [-0.4, -0.2) is 24.2 Å². The summed E-state index contributed by atoms with van der Waals surface area (Å²) in [6.07, 6.45) is 6.04. The van der Waals surface area contributed by atoms with Crippen LogP contribution in [0.25, 0.3) is 34.0 Å². The predicted octanol–water partition coefficient (Wildman–Crippen LogP) is 5.21. The maximum Gasteiger partial charge on any atom is 0.145 e. The van der Waals surface area contributed by atoms with Crippen molar-refractivity contribution in [1.82, 2.24) is 9.97 Å². The lowest BCUT2D eigenvalue weighted by Crippen LogP contribution is -1.93. The van der Waals surface area contributed by atoms with E-state index >= 15 is 0 Å². The van der Waals surface area contributed by atoms with Crippen LogP contribution in [0.3, 0.4) is 0 Å². The van der Waals surface area contributed by atoms with Gasteiger partial charge in [0.05, 0.1) is 19.6 Å². The number of aromatic nitrogens is 2. The van der Waals surface area contributed by atoms with E-state index in [0.29, 0.717) is 0 Å².